The van der Waals surface area contributed by atoms with Crippen LogP contribution in [0.5, 0.6) is 5.75 Å². The molecule has 0 heterocycles. The van der Waals surface area contributed by atoms with Gasteiger partial charge in [-0.3, -0.25) is 9.52 Å². The van der Waals surface area contributed by atoms with Gasteiger partial charge in [0.2, 0.25) is 0 Å². The summed E-state index contributed by atoms with van der Waals surface area (Å²) in [7, 11) is -2.16. The van der Waals surface area contributed by atoms with Gasteiger partial charge < -0.3 is 10.1 Å². The highest BCUT2D eigenvalue weighted by Crippen LogP contribution is 2.23. The van der Waals surface area contributed by atoms with Gasteiger partial charge in [0.05, 0.1) is 4.90 Å². The van der Waals surface area contributed by atoms with Crippen LogP contribution in [0.2, 0.25) is 0 Å². The first-order chi connectivity index (χ1) is 10.9. The summed E-state index contributed by atoms with van der Waals surface area (Å²) in [4.78, 5) is 11.3. The number of rotatable bonds is 6. The van der Waals surface area contributed by atoms with Crippen molar-refractivity contribution in [2.75, 3.05) is 18.4 Å². The van der Waals surface area contributed by atoms with E-state index in [1.165, 1.54) is 25.2 Å². The lowest BCUT2D eigenvalue weighted by Crippen LogP contribution is -2.25. The van der Waals surface area contributed by atoms with Crippen LogP contribution in [0.4, 0.5) is 5.69 Å². The molecular weight excluding hydrogens is 316 g/mol. The van der Waals surface area contributed by atoms with E-state index in [0.717, 1.165) is 0 Å². The van der Waals surface area contributed by atoms with Gasteiger partial charge >= 0.3 is 0 Å². The van der Waals surface area contributed by atoms with E-state index >= 15 is 0 Å². The highest BCUT2D eigenvalue weighted by molar-refractivity contribution is 7.92. The van der Waals surface area contributed by atoms with Crippen molar-refractivity contribution in [2.24, 2.45) is 0 Å². The van der Waals surface area contributed by atoms with Crippen molar-refractivity contribution in [2.45, 2.75) is 11.8 Å². The van der Waals surface area contributed by atoms with Crippen molar-refractivity contribution >= 4 is 21.6 Å². The smallest absolute Gasteiger partial charge is 0.261 e. The van der Waals surface area contributed by atoms with E-state index in [9.17, 15) is 13.2 Å². The van der Waals surface area contributed by atoms with Gasteiger partial charge in [-0.2, -0.15) is 0 Å². The quantitative estimate of drug-likeness (QED) is 0.845. The van der Waals surface area contributed by atoms with E-state index in [1.54, 1.807) is 37.3 Å². The molecule has 0 aromatic heterocycles. The molecule has 0 saturated carbocycles. The SMILES string of the molecule is CNC(=O)COc1ccc(S(=O)(=O)Nc2ccccc2)cc1C. The van der Waals surface area contributed by atoms with Gasteiger partial charge in [0, 0.05) is 12.7 Å². The molecule has 23 heavy (non-hydrogen) atoms. The summed E-state index contributed by atoms with van der Waals surface area (Å²) in [5.41, 5.74) is 1.12. The molecule has 2 aromatic rings. The van der Waals surface area contributed by atoms with E-state index in [0.29, 0.717) is 17.0 Å². The minimum Gasteiger partial charge on any atom is -0.484 e. The van der Waals surface area contributed by atoms with Gasteiger partial charge in [0.25, 0.3) is 15.9 Å². The molecular formula is C16H18N2O4S. The van der Waals surface area contributed by atoms with Gasteiger partial charge in [0.15, 0.2) is 6.61 Å². The minimum atomic E-state index is -3.67. The van der Waals surface area contributed by atoms with Gasteiger partial charge in [-0.25, -0.2) is 8.42 Å². The highest BCUT2D eigenvalue weighted by atomic mass is 32.2. The molecule has 0 aliphatic heterocycles. The second kappa shape index (κ2) is 7.15. The molecule has 0 spiro atoms. The Labute approximate surface area is 135 Å². The fourth-order valence-electron chi connectivity index (χ4n) is 1.89. The summed E-state index contributed by atoms with van der Waals surface area (Å²) in [6, 6.07) is 13.1. The third-order valence-electron chi connectivity index (χ3n) is 3.12. The molecule has 2 rings (SSSR count). The van der Waals surface area contributed by atoms with Crippen LogP contribution in [0.3, 0.4) is 0 Å². The molecule has 6 nitrogen and oxygen atoms in total. The summed E-state index contributed by atoms with van der Waals surface area (Å²) in [6.45, 7) is 1.60. The number of para-hydroxylation sites is 1. The molecule has 7 heteroatoms. The van der Waals surface area contributed by atoms with E-state index in [-0.39, 0.29) is 17.4 Å². The Balaban J connectivity index is 2.17. The van der Waals surface area contributed by atoms with Gasteiger partial charge in [-0.05, 0) is 42.8 Å². The Kier molecular flexibility index (Phi) is 5.23. The van der Waals surface area contributed by atoms with Crippen LogP contribution in [-0.2, 0) is 14.8 Å². The second-order valence-electron chi connectivity index (χ2n) is 4.86. The van der Waals surface area contributed by atoms with E-state index in [4.69, 9.17) is 4.74 Å². The Bertz CT molecular complexity index is 789. The van der Waals surface area contributed by atoms with Crippen LogP contribution < -0.4 is 14.8 Å². The van der Waals surface area contributed by atoms with Crippen LogP contribution in [0.25, 0.3) is 0 Å². The zero-order valence-electron chi connectivity index (χ0n) is 12.9. The standard InChI is InChI=1S/C16H18N2O4S/c1-12-10-14(8-9-15(12)22-11-16(19)17-2)23(20,21)18-13-6-4-3-5-7-13/h3-10,18H,11H2,1-2H3,(H,17,19). The molecule has 0 fully saturated rings. The van der Waals surface area contributed by atoms with Crippen molar-refractivity contribution in [3.05, 3.63) is 54.1 Å². The van der Waals surface area contributed by atoms with Crippen LogP contribution in [0, 0.1) is 6.92 Å². The molecule has 0 aliphatic rings. The summed E-state index contributed by atoms with van der Waals surface area (Å²) < 4.78 is 32.6. The molecule has 122 valence electrons. The number of amides is 1. The molecule has 0 saturated heterocycles. The van der Waals surface area contributed by atoms with Gasteiger partial charge in [-0.15, -0.1) is 0 Å². The first-order valence-electron chi connectivity index (χ1n) is 6.94. The van der Waals surface area contributed by atoms with E-state index < -0.39 is 10.0 Å². The Hall–Kier alpha value is -2.54. The molecule has 1 amide bonds. The highest BCUT2D eigenvalue weighted by Gasteiger charge is 2.16. The van der Waals surface area contributed by atoms with Crippen molar-refractivity contribution in [3.8, 4) is 5.75 Å². The average Bonchev–Trinajstić information content (AvgIpc) is 2.53. The normalized spacial score (nSPS) is 10.9. The zero-order valence-corrected chi connectivity index (χ0v) is 13.7. The first-order valence-corrected chi connectivity index (χ1v) is 8.42. The van der Waals surface area contributed by atoms with E-state index in [1.807, 2.05) is 0 Å². The van der Waals surface area contributed by atoms with Crippen LogP contribution in [-0.4, -0.2) is 28.0 Å². The van der Waals surface area contributed by atoms with Gasteiger partial charge in [0.1, 0.15) is 5.75 Å². The fraction of sp³-hybridized carbons (Fsp3) is 0.188. The molecule has 0 bridgehead atoms. The molecule has 0 radical (unpaired) electrons. The lowest BCUT2D eigenvalue weighted by atomic mass is 10.2. The Morgan fingerprint density at radius 3 is 2.43 bits per heavy atom. The first kappa shape index (κ1) is 16.8. The number of aryl methyl sites for hydroxylation is 1. The van der Waals surface area contributed by atoms with E-state index in [2.05, 4.69) is 10.0 Å². The van der Waals surface area contributed by atoms with Crippen molar-refractivity contribution in [3.63, 3.8) is 0 Å². The minimum absolute atomic E-state index is 0.119. The molecule has 0 unspecified atom stereocenters. The average molecular weight is 334 g/mol. The number of carbonyl (C=O) groups excluding carboxylic acids is 1. The lowest BCUT2D eigenvalue weighted by Gasteiger charge is -2.12. The lowest BCUT2D eigenvalue weighted by molar-refractivity contribution is -0.122. The van der Waals surface area contributed by atoms with Crippen LogP contribution in [0.1, 0.15) is 5.56 Å². The second-order valence-corrected chi connectivity index (χ2v) is 6.54. The summed E-state index contributed by atoms with van der Waals surface area (Å²) in [6.07, 6.45) is 0. The number of nitrogens with one attached hydrogen (secondary N) is 2. The number of benzene rings is 2. The summed E-state index contributed by atoms with van der Waals surface area (Å²) in [5, 5.41) is 2.45. The molecule has 2 aromatic carbocycles. The third kappa shape index (κ3) is 4.46. The topological polar surface area (TPSA) is 84.5 Å². The Morgan fingerprint density at radius 1 is 1.13 bits per heavy atom. The number of hydrogen-bond donors (Lipinski definition) is 2. The fourth-order valence-corrected chi connectivity index (χ4v) is 3.03. The largest absolute Gasteiger partial charge is 0.484 e. The van der Waals surface area contributed by atoms with Crippen LogP contribution >= 0.6 is 0 Å². The maximum Gasteiger partial charge on any atom is 0.261 e. The van der Waals surface area contributed by atoms with Crippen molar-refractivity contribution in [1.82, 2.24) is 5.32 Å². The van der Waals surface area contributed by atoms with Crippen molar-refractivity contribution in [1.29, 1.82) is 0 Å². The maximum atomic E-state index is 12.4. The van der Waals surface area contributed by atoms with Gasteiger partial charge in [-0.1, -0.05) is 18.2 Å². The number of sulfonamides is 1. The number of anilines is 1. The van der Waals surface area contributed by atoms with Crippen LogP contribution in [0.15, 0.2) is 53.4 Å². The number of likely N-dealkylation sites (N-methyl/N-ethyl adjacent to an activating group) is 1. The number of carbonyl (C=O) groups is 1. The maximum absolute atomic E-state index is 12.4. The summed E-state index contributed by atoms with van der Waals surface area (Å²) in [5.74, 6) is 0.208. The number of ether oxygens (including phenoxy) is 1. The summed E-state index contributed by atoms with van der Waals surface area (Å²) >= 11 is 0. The molecule has 0 aliphatic carbocycles. The number of hydrogen-bond acceptors (Lipinski definition) is 4. The zero-order chi connectivity index (χ0) is 16.9. The molecule has 0 atom stereocenters. The Morgan fingerprint density at radius 2 is 1.83 bits per heavy atom. The van der Waals surface area contributed by atoms with Crippen molar-refractivity contribution < 1.29 is 17.9 Å². The predicted molar refractivity (Wildman–Crippen MR) is 88.0 cm³/mol. The third-order valence-corrected chi connectivity index (χ3v) is 4.50. The monoisotopic (exact) mass is 334 g/mol. The predicted octanol–water partition coefficient (Wildman–Crippen LogP) is 1.92. The molecule has 2 N–H and O–H groups in total.